The molecule has 0 spiro atoms. The predicted octanol–water partition coefficient (Wildman–Crippen LogP) is 3.32. The lowest BCUT2D eigenvalue weighted by Crippen LogP contribution is -2.22. The molecular formula is C11H9Cl2Si. The Kier molecular flexibility index (Phi) is 2.82. The zero-order valence-corrected chi connectivity index (χ0v) is 10.2. The van der Waals surface area contributed by atoms with E-state index in [1.54, 1.807) is 0 Å². The third-order valence-electron chi connectivity index (χ3n) is 2.33. The number of fused-ring (bicyclic) bond motifs is 1. The molecule has 0 N–H and O–H groups in total. The van der Waals surface area contributed by atoms with Crippen molar-refractivity contribution in [2.75, 3.05) is 0 Å². The van der Waals surface area contributed by atoms with Crippen LogP contribution in [0.4, 0.5) is 0 Å². The molecule has 0 heterocycles. The van der Waals surface area contributed by atoms with Crippen LogP contribution in [0, 0.1) is 6.92 Å². The van der Waals surface area contributed by atoms with Gasteiger partial charge in [-0.15, -0.1) is 22.2 Å². The minimum atomic E-state index is -1.42. The monoisotopic (exact) mass is 239 g/mol. The summed E-state index contributed by atoms with van der Waals surface area (Å²) in [5.41, 5.74) is 1.18. The van der Waals surface area contributed by atoms with Crippen LogP contribution in [0.5, 0.6) is 0 Å². The molecule has 0 saturated heterocycles. The number of benzene rings is 2. The Bertz CT molecular complexity index is 466. The zero-order valence-electron chi connectivity index (χ0n) is 7.72. The van der Waals surface area contributed by atoms with E-state index in [1.807, 2.05) is 12.1 Å². The van der Waals surface area contributed by atoms with Gasteiger partial charge in [-0.3, -0.25) is 0 Å². The maximum absolute atomic E-state index is 6.05. The topological polar surface area (TPSA) is 0 Å². The number of hydrogen-bond acceptors (Lipinski definition) is 0. The molecule has 2 aromatic carbocycles. The fraction of sp³-hybridized carbons (Fsp3) is 0.0909. The van der Waals surface area contributed by atoms with Gasteiger partial charge in [0.1, 0.15) is 0 Å². The summed E-state index contributed by atoms with van der Waals surface area (Å²) in [5.74, 6) is 0. The number of rotatable bonds is 1. The highest BCUT2D eigenvalue weighted by atomic mass is 35.7. The molecule has 0 aromatic heterocycles. The molecule has 0 unspecified atom stereocenters. The van der Waals surface area contributed by atoms with Crippen LogP contribution in [-0.2, 0) is 0 Å². The number of hydrogen-bond donors (Lipinski definition) is 0. The molecule has 0 atom stereocenters. The van der Waals surface area contributed by atoms with Crippen LogP contribution in [0.2, 0.25) is 0 Å². The van der Waals surface area contributed by atoms with Gasteiger partial charge in [0, 0.05) is 0 Å². The van der Waals surface area contributed by atoms with Crippen LogP contribution in [0.15, 0.2) is 36.4 Å². The van der Waals surface area contributed by atoms with E-state index in [2.05, 4.69) is 31.2 Å². The SMILES string of the molecule is Cc1ccc2ccccc2c1[Si](Cl)Cl. The molecule has 1 radical (unpaired) electrons. The molecule has 0 saturated carbocycles. The van der Waals surface area contributed by atoms with Crippen LogP contribution in [-0.4, -0.2) is 7.42 Å². The Morgan fingerprint density at radius 3 is 2.43 bits per heavy atom. The summed E-state index contributed by atoms with van der Waals surface area (Å²) in [6.45, 7) is 2.05. The Hall–Kier alpha value is -0.503. The van der Waals surface area contributed by atoms with Gasteiger partial charge < -0.3 is 0 Å². The van der Waals surface area contributed by atoms with Crippen LogP contribution < -0.4 is 5.19 Å². The molecule has 0 fully saturated rings. The second kappa shape index (κ2) is 3.93. The third kappa shape index (κ3) is 1.68. The van der Waals surface area contributed by atoms with E-state index < -0.39 is 7.42 Å². The van der Waals surface area contributed by atoms with E-state index >= 15 is 0 Å². The van der Waals surface area contributed by atoms with Gasteiger partial charge in [-0.1, -0.05) is 36.4 Å². The van der Waals surface area contributed by atoms with Crippen molar-refractivity contribution in [3.63, 3.8) is 0 Å². The average molecular weight is 240 g/mol. The summed E-state index contributed by atoms with van der Waals surface area (Å²) < 4.78 is 0. The van der Waals surface area contributed by atoms with E-state index in [4.69, 9.17) is 22.2 Å². The van der Waals surface area contributed by atoms with E-state index in [0.717, 1.165) is 5.19 Å². The summed E-state index contributed by atoms with van der Waals surface area (Å²) in [6.07, 6.45) is 0. The summed E-state index contributed by atoms with van der Waals surface area (Å²) in [6, 6.07) is 12.4. The van der Waals surface area contributed by atoms with Gasteiger partial charge in [0.2, 0.25) is 0 Å². The molecular weight excluding hydrogens is 231 g/mol. The van der Waals surface area contributed by atoms with E-state index in [-0.39, 0.29) is 0 Å². The van der Waals surface area contributed by atoms with Gasteiger partial charge in [-0.25, -0.2) is 0 Å². The molecule has 0 aliphatic rings. The Morgan fingerprint density at radius 2 is 1.71 bits per heavy atom. The third-order valence-corrected chi connectivity index (χ3v) is 4.50. The van der Waals surface area contributed by atoms with E-state index in [1.165, 1.54) is 16.3 Å². The summed E-state index contributed by atoms with van der Waals surface area (Å²) in [5, 5.41) is 3.51. The highest BCUT2D eigenvalue weighted by molar-refractivity contribution is 7.40. The molecule has 2 aromatic rings. The smallest absolute Gasteiger partial charge is 0.140 e. The van der Waals surface area contributed by atoms with Gasteiger partial charge >= 0.3 is 7.42 Å². The molecule has 0 amide bonds. The minimum Gasteiger partial charge on any atom is -0.140 e. The van der Waals surface area contributed by atoms with Gasteiger partial charge in [0.05, 0.1) is 0 Å². The summed E-state index contributed by atoms with van der Waals surface area (Å²) in [7, 11) is -1.42. The second-order valence-corrected chi connectivity index (χ2v) is 7.11. The molecule has 0 aliphatic carbocycles. The Morgan fingerprint density at radius 1 is 1.00 bits per heavy atom. The minimum absolute atomic E-state index is 1.12. The van der Waals surface area contributed by atoms with Crippen LogP contribution in [0.1, 0.15) is 5.56 Å². The highest BCUT2D eigenvalue weighted by Gasteiger charge is 2.13. The molecule has 2 rings (SSSR count). The largest absolute Gasteiger partial charge is 0.308 e. The molecule has 0 bridgehead atoms. The number of aryl methyl sites for hydroxylation is 1. The molecule has 14 heavy (non-hydrogen) atoms. The fourth-order valence-corrected chi connectivity index (χ4v) is 3.95. The van der Waals surface area contributed by atoms with Gasteiger partial charge in [0.15, 0.2) is 0 Å². The molecule has 71 valence electrons. The lowest BCUT2D eigenvalue weighted by molar-refractivity contribution is 1.54. The van der Waals surface area contributed by atoms with Crippen molar-refractivity contribution in [3.8, 4) is 0 Å². The van der Waals surface area contributed by atoms with Crippen molar-refractivity contribution in [1.82, 2.24) is 0 Å². The second-order valence-electron chi connectivity index (χ2n) is 3.24. The predicted molar refractivity (Wildman–Crippen MR) is 65.8 cm³/mol. The van der Waals surface area contributed by atoms with Crippen molar-refractivity contribution < 1.29 is 0 Å². The average Bonchev–Trinajstić information content (AvgIpc) is 2.17. The van der Waals surface area contributed by atoms with Crippen LogP contribution >= 0.6 is 22.2 Å². The quantitative estimate of drug-likeness (QED) is 0.530. The summed E-state index contributed by atoms with van der Waals surface area (Å²) >= 11 is 12.1. The van der Waals surface area contributed by atoms with Crippen molar-refractivity contribution >= 4 is 45.5 Å². The van der Waals surface area contributed by atoms with Crippen molar-refractivity contribution in [2.45, 2.75) is 6.92 Å². The zero-order chi connectivity index (χ0) is 10.1. The standard InChI is InChI=1S/C11H9Cl2Si/c1-8-6-7-9-4-2-3-5-10(9)11(8)14(12)13/h2-7H,1H3. The van der Waals surface area contributed by atoms with E-state index in [0.29, 0.717) is 0 Å². The van der Waals surface area contributed by atoms with E-state index in [9.17, 15) is 0 Å². The van der Waals surface area contributed by atoms with Crippen LogP contribution in [0.25, 0.3) is 10.8 Å². The van der Waals surface area contributed by atoms with Crippen LogP contribution in [0.3, 0.4) is 0 Å². The van der Waals surface area contributed by atoms with Gasteiger partial charge in [-0.05, 0) is 28.4 Å². The molecule has 0 nitrogen and oxygen atoms in total. The van der Waals surface area contributed by atoms with Crippen molar-refractivity contribution in [2.24, 2.45) is 0 Å². The maximum atomic E-state index is 6.05. The van der Waals surface area contributed by atoms with Gasteiger partial charge in [0.25, 0.3) is 0 Å². The normalized spacial score (nSPS) is 11.1. The van der Waals surface area contributed by atoms with Gasteiger partial charge in [-0.2, -0.15) is 0 Å². The van der Waals surface area contributed by atoms with Crippen molar-refractivity contribution in [1.29, 1.82) is 0 Å². The molecule has 0 aliphatic heterocycles. The fourth-order valence-electron chi connectivity index (χ4n) is 1.63. The number of halogens is 2. The first-order valence-electron chi connectivity index (χ1n) is 4.37. The first-order chi connectivity index (χ1) is 6.70. The maximum Gasteiger partial charge on any atom is 0.308 e. The first kappa shape index (κ1) is 10.0. The van der Waals surface area contributed by atoms with Crippen molar-refractivity contribution in [3.05, 3.63) is 42.0 Å². The lowest BCUT2D eigenvalue weighted by Gasteiger charge is -2.08. The highest BCUT2D eigenvalue weighted by Crippen LogP contribution is 2.16. The first-order valence-corrected chi connectivity index (χ1v) is 7.89. The lowest BCUT2D eigenvalue weighted by atomic mass is 10.1. The Balaban J connectivity index is 2.83. The summed E-state index contributed by atoms with van der Waals surface area (Å²) in [4.78, 5) is 0. The Labute approximate surface area is 94.5 Å². The molecule has 3 heteroatoms.